The topological polar surface area (TPSA) is 55.2 Å². The van der Waals surface area contributed by atoms with E-state index >= 15 is 0 Å². The first-order valence-electron chi connectivity index (χ1n) is 4.74. The maximum Gasteiger partial charge on any atom is 0.293 e. The molecule has 0 aliphatic carbocycles. The lowest BCUT2D eigenvalue weighted by molar-refractivity contribution is -0.384. The Labute approximate surface area is 104 Å². The molecule has 1 unspecified atom stereocenters. The first kappa shape index (κ1) is 13.1. The lowest BCUT2D eigenvalue weighted by atomic mass is 10.2. The molecule has 6 heteroatoms. The number of thioether (sulfide) groups is 1. The van der Waals surface area contributed by atoms with Crippen LogP contribution in [0.4, 0.5) is 11.4 Å². The largest absolute Gasteiger partial charge is 0.375 e. The molecule has 0 amide bonds. The summed E-state index contributed by atoms with van der Waals surface area (Å²) in [5.41, 5.74) is 0.413. The summed E-state index contributed by atoms with van der Waals surface area (Å²) in [4.78, 5) is 10.4. The molecule has 16 heavy (non-hydrogen) atoms. The molecular formula is C10H13ClN2O2S. The number of nitrogens with zero attached hydrogens (tertiary/aromatic N) is 1. The molecule has 4 nitrogen and oxygen atoms in total. The molecule has 0 spiro atoms. The molecule has 0 heterocycles. The van der Waals surface area contributed by atoms with Crippen LogP contribution in [0.5, 0.6) is 0 Å². The Balaban J connectivity index is 2.97. The lowest BCUT2D eigenvalue weighted by Gasteiger charge is -2.14. The van der Waals surface area contributed by atoms with Crippen molar-refractivity contribution in [3.8, 4) is 0 Å². The van der Waals surface area contributed by atoms with Crippen molar-refractivity contribution >= 4 is 34.7 Å². The summed E-state index contributed by atoms with van der Waals surface area (Å²) in [6.45, 7) is 1.96. The van der Waals surface area contributed by atoms with Crippen molar-refractivity contribution in [3.05, 3.63) is 33.3 Å². The predicted molar refractivity (Wildman–Crippen MR) is 69.6 cm³/mol. The second-order valence-electron chi connectivity index (χ2n) is 3.39. The number of nitro benzene ring substituents is 1. The molecule has 1 atom stereocenters. The number of halogens is 1. The number of benzene rings is 1. The van der Waals surface area contributed by atoms with Gasteiger partial charge in [0, 0.05) is 17.9 Å². The summed E-state index contributed by atoms with van der Waals surface area (Å²) in [6.07, 6.45) is 1.99. The molecule has 0 radical (unpaired) electrons. The molecule has 0 fully saturated rings. The number of anilines is 1. The minimum absolute atomic E-state index is 0.0143. The van der Waals surface area contributed by atoms with Crippen LogP contribution in [0.2, 0.25) is 5.02 Å². The predicted octanol–water partition coefficient (Wildman–Crippen LogP) is 3.41. The van der Waals surface area contributed by atoms with Crippen LogP contribution in [0.25, 0.3) is 0 Å². The first-order chi connectivity index (χ1) is 7.56. The van der Waals surface area contributed by atoms with Crippen LogP contribution in [0.1, 0.15) is 6.92 Å². The van der Waals surface area contributed by atoms with E-state index in [2.05, 4.69) is 5.32 Å². The molecule has 0 saturated heterocycles. The summed E-state index contributed by atoms with van der Waals surface area (Å²) in [7, 11) is 0. The molecule has 88 valence electrons. The fraction of sp³-hybridized carbons (Fsp3) is 0.400. The molecule has 0 saturated carbocycles. The van der Waals surface area contributed by atoms with Gasteiger partial charge in [-0.2, -0.15) is 11.8 Å². The highest BCUT2D eigenvalue weighted by atomic mass is 35.5. The number of hydrogen-bond acceptors (Lipinski definition) is 4. The number of rotatable bonds is 5. The average molecular weight is 261 g/mol. The Kier molecular flexibility index (Phi) is 4.89. The van der Waals surface area contributed by atoms with Crippen molar-refractivity contribution in [2.24, 2.45) is 0 Å². The average Bonchev–Trinajstić information content (AvgIpc) is 2.21. The summed E-state index contributed by atoms with van der Waals surface area (Å²) in [5, 5.41) is 14.3. The molecule has 1 rings (SSSR count). The van der Waals surface area contributed by atoms with Crippen LogP contribution in [-0.2, 0) is 0 Å². The number of nitro groups is 1. The molecule has 0 aromatic heterocycles. The molecular weight excluding hydrogens is 248 g/mol. The third-order valence-corrected chi connectivity index (χ3v) is 3.14. The van der Waals surface area contributed by atoms with Crippen molar-refractivity contribution < 1.29 is 4.92 Å². The van der Waals surface area contributed by atoms with E-state index in [0.717, 1.165) is 5.75 Å². The quantitative estimate of drug-likeness (QED) is 0.651. The molecule has 1 N–H and O–H groups in total. The smallest absolute Gasteiger partial charge is 0.293 e. The minimum atomic E-state index is -0.431. The third kappa shape index (κ3) is 3.28. The summed E-state index contributed by atoms with van der Waals surface area (Å²) in [5.74, 6) is 0.863. The molecule has 0 aliphatic rings. The van der Waals surface area contributed by atoms with Gasteiger partial charge >= 0.3 is 0 Å². The van der Waals surface area contributed by atoms with Gasteiger partial charge in [0.05, 0.1) is 9.95 Å². The van der Waals surface area contributed by atoms with E-state index in [0.29, 0.717) is 10.7 Å². The normalized spacial score (nSPS) is 12.2. The zero-order valence-corrected chi connectivity index (χ0v) is 10.6. The molecule has 0 bridgehead atoms. The van der Waals surface area contributed by atoms with Crippen LogP contribution in [0.15, 0.2) is 18.2 Å². The molecule has 1 aromatic rings. The SMILES string of the molecule is CSCC(C)Nc1c(Cl)cccc1[N+](=O)[O-]. The molecule has 0 aliphatic heterocycles. The van der Waals surface area contributed by atoms with Gasteiger partial charge in [-0.05, 0) is 19.2 Å². The van der Waals surface area contributed by atoms with E-state index in [9.17, 15) is 10.1 Å². The fourth-order valence-electron chi connectivity index (χ4n) is 1.35. The zero-order valence-electron chi connectivity index (χ0n) is 9.07. The Hall–Kier alpha value is -0.940. The van der Waals surface area contributed by atoms with E-state index in [-0.39, 0.29) is 11.7 Å². The van der Waals surface area contributed by atoms with Gasteiger partial charge < -0.3 is 5.32 Å². The lowest BCUT2D eigenvalue weighted by Crippen LogP contribution is -2.18. The highest BCUT2D eigenvalue weighted by Crippen LogP contribution is 2.32. The van der Waals surface area contributed by atoms with Gasteiger partial charge in [0.25, 0.3) is 5.69 Å². The zero-order chi connectivity index (χ0) is 12.1. The monoisotopic (exact) mass is 260 g/mol. The van der Waals surface area contributed by atoms with Gasteiger partial charge in [0.15, 0.2) is 0 Å². The first-order valence-corrected chi connectivity index (χ1v) is 6.51. The Morgan fingerprint density at radius 1 is 1.62 bits per heavy atom. The van der Waals surface area contributed by atoms with Crippen molar-refractivity contribution in [2.45, 2.75) is 13.0 Å². The highest BCUT2D eigenvalue weighted by molar-refractivity contribution is 7.98. The Morgan fingerprint density at radius 3 is 2.88 bits per heavy atom. The Bertz CT molecular complexity index is 387. The van der Waals surface area contributed by atoms with Gasteiger partial charge in [-0.1, -0.05) is 17.7 Å². The summed E-state index contributed by atoms with van der Waals surface area (Å²) >= 11 is 7.62. The van der Waals surface area contributed by atoms with Crippen LogP contribution in [-0.4, -0.2) is 23.0 Å². The van der Waals surface area contributed by atoms with E-state index < -0.39 is 4.92 Å². The number of hydrogen-bond donors (Lipinski definition) is 1. The maximum atomic E-state index is 10.8. The second-order valence-corrected chi connectivity index (χ2v) is 4.71. The van der Waals surface area contributed by atoms with Crippen LogP contribution in [0.3, 0.4) is 0 Å². The van der Waals surface area contributed by atoms with Crippen molar-refractivity contribution in [1.82, 2.24) is 0 Å². The van der Waals surface area contributed by atoms with E-state index in [1.54, 1.807) is 23.9 Å². The van der Waals surface area contributed by atoms with Gasteiger partial charge in [0.1, 0.15) is 5.69 Å². The third-order valence-electron chi connectivity index (χ3n) is 2.00. The second kappa shape index (κ2) is 5.96. The van der Waals surface area contributed by atoms with Crippen LogP contribution in [0, 0.1) is 10.1 Å². The number of para-hydroxylation sites is 1. The van der Waals surface area contributed by atoms with E-state index in [1.807, 2.05) is 13.2 Å². The van der Waals surface area contributed by atoms with Gasteiger partial charge in [0.2, 0.25) is 0 Å². The fourth-order valence-corrected chi connectivity index (χ4v) is 2.15. The van der Waals surface area contributed by atoms with Gasteiger partial charge in [-0.25, -0.2) is 0 Å². The van der Waals surface area contributed by atoms with Gasteiger partial charge in [-0.3, -0.25) is 10.1 Å². The standard InChI is InChI=1S/C10H13ClN2O2S/c1-7(6-16-2)12-10-8(11)4-3-5-9(10)13(14)15/h3-5,7,12H,6H2,1-2H3. The van der Waals surface area contributed by atoms with Crippen molar-refractivity contribution in [2.75, 3.05) is 17.3 Å². The number of nitrogens with one attached hydrogen (secondary N) is 1. The molecule has 1 aromatic carbocycles. The van der Waals surface area contributed by atoms with Crippen molar-refractivity contribution in [1.29, 1.82) is 0 Å². The Morgan fingerprint density at radius 2 is 2.31 bits per heavy atom. The van der Waals surface area contributed by atoms with E-state index in [4.69, 9.17) is 11.6 Å². The van der Waals surface area contributed by atoms with Crippen LogP contribution >= 0.6 is 23.4 Å². The van der Waals surface area contributed by atoms with Crippen molar-refractivity contribution in [3.63, 3.8) is 0 Å². The van der Waals surface area contributed by atoms with Gasteiger partial charge in [-0.15, -0.1) is 0 Å². The summed E-state index contributed by atoms with van der Waals surface area (Å²) in [6, 6.07) is 4.79. The maximum absolute atomic E-state index is 10.8. The van der Waals surface area contributed by atoms with E-state index in [1.165, 1.54) is 6.07 Å². The summed E-state index contributed by atoms with van der Waals surface area (Å²) < 4.78 is 0. The van der Waals surface area contributed by atoms with Crippen LogP contribution < -0.4 is 5.32 Å². The minimum Gasteiger partial charge on any atom is -0.375 e. The highest BCUT2D eigenvalue weighted by Gasteiger charge is 2.17.